The molecule has 9 nitrogen and oxygen atoms in total. The van der Waals surface area contributed by atoms with Crippen molar-refractivity contribution in [1.29, 1.82) is 0 Å². The van der Waals surface area contributed by atoms with Gasteiger partial charge in [-0.15, -0.1) is 0 Å². The minimum atomic E-state index is -4.68. The Balaban J connectivity index is 2.36. The zero-order valence-electron chi connectivity index (χ0n) is 8.69. The van der Waals surface area contributed by atoms with Gasteiger partial charge in [0.1, 0.15) is 11.5 Å². The number of phenols is 1. The first-order chi connectivity index (χ1) is 8.35. The first kappa shape index (κ1) is 12.4. The topological polar surface area (TPSA) is 149 Å². The molecule has 1 heterocycles. The zero-order valence-corrected chi connectivity index (χ0v) is 9.59. The number of phosphoric ester groups is 1. The summed E-state index contributed by atoms with van der Waals surface area (Å²) in [5.41, 5.74) is -0.355. The molecule has 0 bridgehead atoms. The van der Waals surface area contributed by atoms with Gasteiger partial charge in [0.25, 0.3) is 0 Å². The molecule has 0 aliphatic rings. The number of nitrogens with zero attached hydrogens (tertiary/aromatic N) is 1. The van der Waals surface area contributed by atoms with Crippen molar-refractivity contribution in [2.45, 2.75) is 0 Å². The lowest BCUT2D eigenvalue weighted by molar-refractivity contribution is 0.283. The van der Waals surface area contributed by atoms with E-state index in [0.29, 0.717) is 0 Å². The maximum absolute atomic E-state index is 10.8. The molecule has 5 N–H and O–H groups in total. The lowest BCUT2D eigenvalue weighted by atomic mass is 10.2. The van der Waals surface area contributed by atoms with Crippen LogP contribution in [0.4, 0.5) is 0 Å². The number of nitrogens with one attached hydrogen (secondary N) is 2. The van der Waals surface area contributed by atoms with Crippen molar-refractivity contribution in [3.05, 3.63) is 28.7 Å². The Morgan fingerprint density at radius 1 is 1.33 bits per heavy atom. The Bertz CT molecular complexity index is 671. The second-order valence-electron chi connectivity index (χ2n) is 3.29. The Hall–Kier alpha value is -2.09. The molecule has 0 aliphatic carbocycles. The van der Waals surface area contributed by atoms with Crippen LogP contribution in [0.25, 0.3) is 11.4 Å². The van der Waals surface area contributed by atoms with Crippen molar-refractivity contribution in [3.8, 4) is 22.9 Å². The molecule has 10 heteroatoms. The average Bonchev–Trinajstić information content (AvgIpc) is 2.62. The minimum absolute atomic E-state index is 0.0974. The Kier molecular flexibility index (Phi) is 2.95. The van der Waals surface area contributed by atoms with Gasteiger partial charge >= 0.3 is 13.5 Å². The molecular weight excluding hydrogens is 265 g/mol. The molecule has 2 aromatic rings. The SMILES string of the molecule is O=c1[nH]nc(-c2ccc(OP(=O)(O)O)cc2O)[nH]1. The van der Waals surface area contributed by atoms with E-state index in [-0.39, 0.29) is 22.9 Å². The molecule has 0 saturated heterocycles. The smallest absolute Gasteiger partial charge is 0.507 e. The second-order valence-corrected chi connectivity index (χ2v) is 4.45. The molecule has 0 atom stereocenters. The predicted molar refractivity (Wildman–Crippen MR) is 59.0 cm³/mol. The third kappa shape index (κ3) is 2.77. The first-order valence-corrected chi connectivity index (χ1v) is 6.11. The maximum Gasteiger partial charge on any atom is 0.524 e. The third-order valence-electron chi connectivity index (χ3n) is 1.95. The normalized spacial score (nSPS) is 11.4. The Morgan fingerprint density at radius 2 is 2.06 bits per heavy atom. The fourth-order valence-electron chi connectivity index (χ4n) is 1.30. The van der Waals surface area contributed by atoms with Crippen LogP contribution in [-0.4, -0.2) is 30.1 Å². The van der Waals surface area contributed by atoms with Crippen LogP contribution in [0.2, 0.25) is 0 Å². The molecule has 1 aromatic carbocycles. The molecule has 2 rings (SSSR count). The molecule has 0 fully saturated rings. The molecule has 0 radical (unpaired) electrons. The maximum atomic E-state index is 10.8. The number of hydrogen-bond donors (Lipinski definition) is 5. The van der Waals surface area contributed by atoms with Gasteiger partial charge in [-0.25, -0.2) is 14.5 Å². The van der Waals surface area contributed by atoms with Crippen LogP contribution in [-0.2, 0) is 4.57 Å². The molecule has 18 heavy (non-hydrogen) atoms. The number of phenolic OH excluding ortho intramolecular Hbond substituents is 1. The number of benzene rings is 1. The van der Waals surface area contributed by atoms with E-state index in [0.717, 1.165) is 6.07 Å². The van der Waals surface area contributed by atoms with E-state index < -0.39 is 13.5 Å². The van der Waals surface area contributed by atoms with Crippen molar-refractivity contribution >= 4 is 7.82 Å². The van der Waals surface area contributed by atoms with Crippen LogP contribution < -0.4 is 10.2 Å². The fourth-order valence-corrected chi connectivity index (χ4v) is 1.69. The summed E-state index contributed by atoms with van der Waals surface area (Å²) in [4.78, 5) is 30.4. The highest BCUT2D eigenvalue weighted by molar-refractivity contribution is 7.46. The fraction of sp³-hybridized carbons (Fsp3) is 0. The van der Waals surface area contributed by atoms with Gasteiger partial charge in [0.2, 0.25) is 0 Å². The molecule has 0 aliphatic heterocycles. The number of H-pyrrole nitrogens is 2. The highest BCUT2D eigenvalue weighted by Crippen LogP contribution is 2.40. The van der Waals surface area contributed by atoms with Gasteiger partial charge < -0.3 is 9.63 Å². The van der Waals surface area contributed by atoms with Crippen molar-refractivity contribution in [3.63, 3.8) is 0 Å². The summed E-state index contributed by atoms with van der Waals surface area (Å²) in [6, 6.07) is 3.52. The average molecular weight is 273 g/mol. The van der Waals surface area contributed by atoms with Crippen LogP contribution in [0, 0.1) is 0 Å². The molecule has 0 amide bonds. The van der Waals surface area contributed by atoms with Gasteiger partial charge in [-0.3, -0.25) is 14.8 Å². The number of phosphoric acid groups is 1. The highest BCUT2D eigenvalue weighted by atomic mass is 31.2. The molecule has 0 unspecified atom stereocenters. The minimum Gasteiger partial charge on any atom is -0.507 e. The van der Waals surface area contributed by atoms with Gasteiger partial charge in [-0.05, 0) is 12.1 Å². The second kappa shape index (κ2) is 4.30. The summed E-state index contributed by atoms with van der Waals surface area (Å²) >= 11 is 0. The van der Waals surface area contributed by atoms with Crippen molar-refractivity contribution < 1.29 is 24.0 Å². The van der Waals surface area contributed by atoms with E-state index >= 15 is 0 Å². The van der Waals surface area contributed by atoms with Crippen molar-refractivity contribution in [2.75, 3.05) is 0 Å². The van der Waals surface area contributed by atoms with Crippen LogP contribution in [0.3, 0.4) is 0 Å². The third-order valence-corrected chi connectivity index (χ3v) is 2.40. The first-order valence-electron chi connectivity index (χ1n) is 4.58. The number of aromatic nitrogens is 3. The van der Waals surface area contributed by atoms with Gasteiger partial charge in [-0.1, -0.05) is 0 Å². The summed E-state index contributed by atoms with van der Waals surface area (Å²) in [6.45, 7) is 0. The molecular formula is C8H8N3O6P. The summed E-state index contributed by atoms with van der Waals surface area (Å²) in [6.07, 6.45) is 0. The number of aromatic amines is 2. The summed E-state index contributed by atoms with van der Waals surface area (Å²) in [7, 11) is -4.68. The molecule has 96 valence electrons. The quantitative estimate of drug-likeness (QED) is 0.492. The Morgan fingerprint density at radius 3 is 2.56 bits per heavy atom. The summed E-state index contributed by atoms with van der Waals surface area (Å²) in [5, 5.41) is 15.4. The summed E-state index contributed by atoms with van der Waals surface area (Å²) < 4.78 is 14.9. The monoisotopic (exact) mass is 273 g/mol. The largest absolute Gasteiger partial charge is 0.524 e. The van der Waals surface area contributed by atoms with Crippen LogP contribution >= 0.6 is 7.82 Å². The number of aromatic hydroxyl groups is 1. The van der Waals surface area contributed by atoms with Crippen LogP contribution in [0.5, 0.6) is 11.5 Å². The van der Waals surface area contributed by atoms with E-state index in [1.807, 2.05) is 0 Å². The van der Waals surface area contributed by atoms with Crippen molar-refractivity contribution in [2.24, 2.45) is 0 Å². The molecule has 1 aromatic heterocycles. The van der Waals surface area contributed by atoms with Crippen molar-refractivity contribution in [1.82, 2.24) is 15.2 Å². The van der Waals surface area contributed by atoms with E-state index in [2.05, 4.69) is 19.7 Å². The summed E-state index contributed by atoms with van der Waals surface area (Å²) in [5.74, 6) is -0.452. The van der Waals surface area contributed by atoms with Gasteiger partial charge in [0.05, 0.1) is 5.56 Å². The van der Waals surface area contributed by atoms with Crippen LogP contribution in [0.1, 0.15) is 0 Å². The van der Waals surface area contributed by atoms with E-state index in [4.69, 9.17) is 9.79 Å². The lowest BCUT2D eigenvalue weighted by Crippen LogP contribution is -2.00. The van der Waals surface area contributed by atoms with E-state index in [1.165, 1.54) is 12.1 Å². The van der Waals surface area contributed by atoms with E-state index in [1.54, 1.807) is 0 Å². The van der Waals surface area contributed by atoms with E-state index in [9.17, 15) is 14.5 Å². The number of rotatable bonds is 3. The van der Waals surface area contributed by atoms with Crippen LogP contribution in [0.15, 0.2) is 23.0 Å². The standard InChI is InChI=1S/C8H8N3O6P/c12-6-3-4(17-18(14,15)16)1-2-5(6)7-9-8(13)11-10-7/h1-3,12H,(H2,14,15,16)(H2,9,10,11,13). The van der Waals surface area contributed by atoms with Gasteiger partial charge in [0, 0.05) is 6.07 Å². The highest BCUT2D eigenvalue weighted by Gasteiger charge is 2.17. The molecule has 0 spiro atoms. The van der Waals surface area contributed by atoms with Gasteiger partial charge in [0.15, 0.2) is 5.82 Å². The molecule has 0 saturated carbocycles. The Labute approximate surface area is 99.3 Å². The zero-order chi connectivity index (χ0) is 13.3. The number of hydrogen-bond acceptors (Lipinski definition) is 5. The lowest BCUT2D eigenvalue weighted by Gasteiger charge is -2.08. The van der Waals surface area contributed by atoms with Gasteiger partial charge in [-0.2, -0.15) is 5.10 Å². The predicted octanol–water partition coefficient (Wildman–Crippen LogP) is -0.0579.